The molecule has 0 radical (unpaired) electrons. The number of aromatic amines is 1. The molecule has 0 aliphatic carbocycles. The van der Waals surface area contributed by atoms with E-state index < -0.39 is 0 Å². The smallest absolute Gasteiger partial charge is 0.0638 e. The Morgan fingerprint density at radius 3 is 2.62 bits per heavy atom. The Kier molecular flexibility index (Phi) is 3.30. The Balaban J connectivity index is 1.96. The quantitative estimate of drug-likeness (QED) is 0.819. The summed E-state index contributed by atoms with van der Waals surface area (Å²) in [5.41, 5.74) is 3.78. The Bertz CT molecular complexity index is 334. The summed E-state index contributed by atoms with van der Waals surface area (Å²) in [6.45, 7) is 9.03. The molecule has 2 N–H and O–H groups in total. The van der Waals surface area contributed by atoms with Crippen LogP contribution >= 0.6 is 0 Å². The number of nitrogens with zero attached hydrogens (tertiary/aromatic N) is 1. The van der Waals surface area contributed by atoms with E-state index in [1.807, 2.05) is 6.92 Å². The van der Waals surface area contributed by atoms with Crippen LogP contribution in [0.5, 0.6) is 0 Å². The molecule has 2 rings (SSSR count). The second kappa shape index (κ2) is 4.55. The lowest BCUT2D eigenvalue weighted by molar-refractivity contribution is 0.0446. The molecule has 16 heavy (non-hydrogen) atoms. The van der Waals surface area contributed by atoms with Crippen molar-refractivity contribution in [2.45, 2.75) is 45.7 Å². The van der Waals surface area contributed by atoms with E-state index in [9.17, 15) is 0 Å². The third kappa shape index (κ3) is 2.44. The molecule has 0 spiro atoms. The van der Waals surface area contributed by atoms with Gasteiger partial charge in [0.25, 0.3) is 0 Å². The molecule has 2 heterocycles. The molecule has 1 saturated heterocycles. The van der Waals surface area contributed by atoms with Gasteiger partial charge in [0, 0.05) is 36.6 Å². The fourth-order valence-electron chi connectivity index (χ4n) is 2.13. The molecule has 1 aliphatic heterocycles. The lowest BCUT2D eigenvalue weighted by Gasteiger charge is -2.34. The van der Waals surface area contributed by atoms with Crippen LogP contribution in [-0.2, 0) is 11.3 Å². The van der Waals surface area contributed by atoms with Gasteiger partial charge in [-0.25, -0.2) is 0 Å². The third-order valence-electron chi connectivity index (χ3n) is 3.57. The summed E-state index contributed by atoms with van der Waals surface area (Å²) in [5, 5.41) is 10.9. The van der Waals surface area contributed by atoms with E-state index in [1.54, 1.807) is 0 Å². The van der Waals surface area contributed by atoms with Crippen LogP contribution in [0.15, 0.2) is 0 Å². The molecule has 0 bridgehead atoms. The van der Waals surface area contributed by atoms with E-state index in [0.29, 0.717) is 0 Å². The zero-order valence-electron chi connectivity index (χ0n) is 10.4. The second-order valence-electron chi connectivity index (χ2n) is 4.94. The van der Waals surface area contributed by atoms with E-state index in [-0.39, 0.29) is 5.54 Å². The highest BCUT2D eigenvalue weighted by atomic mass is 16.5. The molecule has 90 valence electrons. The van der Waals surface area contributed by atoms with Crippen LogP contribution in [0.2, 0.25) is 0 Å². The van der Waals surface area contributed by atoms with Gasteiger partial charge in [0.1, 0.15) is 0 Å². The summed E-state index contributed by atoms with van der Waals surface area (Å²) >= 11 is 0. The minimum absolute atomic E-state index is 0.217. The molecule has 0 atom stereocenters. The van der Waals surface area contributed by atoms with Gasteiger partial charge in [0.05, 0.1) is 5.69 Å². The normalized spacial score (nSPS) is 19.9. The lowest BCUT2D eigenvalue weighted by Crippen LogP contribution is -2.46. The van der Waals surface area contributed by atoms with Crippen LogP contribution in [0.1, 0.15) is 36.7 Å². The van der Waals surface area contributed by atoms with Crippen LogP contribution in [0, 0.1) is 13.8 Å². The maximum Gasteiger partial charge on any atom is 0.0638 e. The van der Waals surface area contributed by atoms with Crippen molar-refractivity contribution in [1.82, 2.24) is 15.5 Å². The third-order valence-corrected chi connectivity index (χ3v) is 3.57. The van der Waals surface area contributed by atoms with Gasteiger partial charge in [-0.3, -0.25) is 5.10 Å². The highest BCUT2D eigenvalue weighted by Crippen LogP contribution is 2.21. The fourth-order valence-corrected chi connectivity index (χ4v) is 2.13. The molecular formula is C12H21N3O. The summed E-state index contributed by atoms with van der Waals surface area (Å²) < 4.78 is 5.39. The molecule has 4 heteroatoms. The largest absolute Gasteiger partial charge is 0.381 e. The van der Waals surface area contributed by atoms with Gasteiger partial charge < -0.3 is 10.1 Å². The fraction of sp³-hybridized carbons (Fsp3) is 0.750. The monoisotopic (exact) mass is 223 g/mol. The number of aryl methyl sites for hydroxylation is 2. The molecule has 0 unspecified atom stereocenters. The first-order valence-electron chi connectivity index (χ1n) is 5.94. The first-order chi connectivity index (χ1) is 7.61. The van der Waals surface area contributed by atoms with Crippen LogP contribution < -0.4 is 5.32 Å². The van der Waals surface area contributed by atoms with E-state index in [1.165, 1.54) is 11.3 Å². The summed E-state index contributed by atoms with van der Waals surface area (Å²) in [6.07, 6.45) is 2.17. The number of hydrogen-bond donors (Lipinski definition) is 2. The zero-order valence-corrected chi connectivity index (χ0v) is 10.4. The molecule has 1 aliphatic rings. The standard InChI is InChI=1S/C12H21N3O/c1-9-11(10(2)15-14-9)8-13-12(3)4-6-16-7-5-12/h13H,4-8H2,1-3H3,(H,14,15). The van der Waals surface area contributed by atoms with E-state index in [0.717, 1.165) is 38.3 Å². The number of aromatic nitrogens is 2. The van der Waals surface area contributed by atoms with E-state index >= 15 is 0 Å². The summed E-state index contributed by atoms with van der Waals surface area (Å²) in [4.78, 5) is 0. The lowest BCUT2D eigenvalue weighted by atomic mass is 9.92. The average Bonchev–Trinajstić information content (AvgIpc) is 2.57. The van der Waals surface area contributed by atoms with Gasteiger partial charge in [-0.2, -0.15) is 5.10 Å². The predicted octanol–water partition coefficient (Wildman–Crippen LogP) is 1.69. The Labute approximate surface area is 96.8 Å². The summed E-state index contributed by atoms with van der Waals surface area (Å²) in [6, 6.07) is 0. The number of H-pyrrole nitrogens is 1. The van der Waals surface area contributed by atoms with Gasteiger partial charge >= 0.3 is 0 Å². The maximum absolute atomic E-state index is 5.39. The van der Waals surface area contributed by atoms with Crippen molar-refractivity contribution in [2.75, 3.05) is 13.2 Å². The second-order valence-corrected chi connectivity index (χ2v) is 4.94. The van der Waals surface area contributed by atoms with Crippen molar-refractivity contribution < 1.29 is 4.74 Å². The molecular weight excluding hydrogens is 202 g/mol. The molecule has 4 nitrogen and oxygen atoms in total. The van der Waals surface area contributed by atoms with Crippen LogP contribution in [0.25, 0.3) is 0 Å². The maximum atomic E-state index is 5.39. The van der Waals surface area contributed by atoms with E-state index in [2.05, 4.69) is 29.4 Å². The number of hydrogen-bond acceptors (Lipinski definition) is 3. The van der Waals surface area contributed by atoms with Crippen LogP contribution in [0.4, 0.5) is 0 Å². The number of nitrogens with one attached hydrogen (secondary N) is 2. The first-order valence-corrected chi connectivity index (χ1v) is 5.94. The SMILES string of the molecule is Cc1n[nH]c(C)c1CNC1(C)CCOCC1. The van der Waals surface area contributed by atoms with Crippen LogP contribution in [-0.4, -0.2) is 29.0 Å². The van der Waals surface area contributed by atoms with Gasteiger partial charge in [-0.1, -0.05) is 0 Å². The van der Waals surface area contributed by atoms with E-state index in [4.69, 9.17) is 4.74 Å². The van der Waals surface area contributed by atoms with Gasteiger partial charge in [-0.05, 0) is 33.6 Å². The highest BCUT2D eigenvalue weighted by molar-refractivity contribution is 5.23. The van der Waals surface area contributed by atoms with Crippen LogP contribution in [0.3, 0.4) is 0 Å². The highest BCUT2D eigenvalue weighted by Gasteiger charge is 2.26. The molecule has 1 aromatic rings. The number of ether oxygens (including phenoxy) is 1. The van der Waals surface area contributed by atoms with Crippen molar-refractivity contribution >= 4 is 0 Å². The number of rotatable bonds is 3. The molecule has 0 aromatic carbocycles. The Morgan fingerprint density at radius 2 is 2.06 bits per heavy atom. The van der Waals surface area contributed by atoms with Gasteiger partial charge in [-0.15, -0.1) is 0 Å². The molecule has 0 amide bonds. The van der Waals surface area contributed by atoms with Gasteiger partial charge in [0.2, 0.25) is 0 Å². The minimum Gasteiger partial charge on any atom is -0.381 e. The molecule has 1 aromatic heterocycles. The Morgan fingerprint density at radius 1 is 1.38 bits per heavy atom. The Hall–Kier alpha value is -0.870. The van der Waals surface area contributed by atoms with Crippen molar-refractivity contribution in [3.63, 3.8) is 0 Å². The minimum atomic E-state index is 0.217. The average molecular weight is 223 g/mol. The summed E-state index contributed by atoms with van der Waals surface area (Å²) in [5.74, 6) is 0. The molecule has 1 fully saturated rings. The predicted molar refractivity (Wildman–Crippen MR) is 63.4 cm³/mol. The van der Waals surface area contributed by atoms with Crippen molar-refractivity contribution in [2.24, 2.45) is 0 Å². The molecule has 0 saturated carbocycles. The first kappa shape index (κ1) is 11.6. The van der Waals surface area contributed by atoms with Crippen molar-refractivity contribution in [3.8, 4) is 0 Å². The summed E-state index contributed by atoms with van der Waals surface area (Å²) in [7, 11) is 0. The van der Waals surface area contributed by atoms with Crippen molar-refractivity contribution in [1.29, 1.82) is 0 Å². The topological polar surface area (TPSA) is 49.9 Å². The van der Waals surface area contributed by atoms with Crippen molar-refractivity contribution in [3.05, 3.63) is 17.0 Å². The van der Waals surface area contributed by atoms with Gasteiger partial charge in [0.15, 0.2) is 0 Å². The zero-order chi connectivity index (χ0) is 11.6.